The van der Waals surface area contributed by atoms with Crippen molar-refractivity contribution in [3.8, 4) is 11.4 Å². The Bertz CT molecular complexity index is 841. The Labute approximate surface area is 128 Å². The van der Waals surface area contributed by atoms with Crippen molar-refractivity contribution in [2.24, 2.45) is 0 Å². The number of hydrogen-bond donors (Lipinski definition) is 0. The predicted molar refractivity (Wildman–Crippen MR) is 84.9 cm³/mol. The van der Waals surface area contributed by atoms with Crippen molar-refractivity contribution in [1.29, 1.82) is 0 Å². The molecule has 0 aliphatic heterocycles. The lowest BCUT2D eigenvalue weighted by Crippen LogP contribution is -2.02. The third kappa shape index (κ3) is 2.10. The summed E-state index contributed by atoms with van der Waals surface area (Å²) in [6, 6.07) is 4.29. The zero-order chi connectivity index (χ0) is 15.3. The van der Waals surface area contributed by atoms with Crippen molar-refractivity contribution in [2.45, 2.75) is 34.6 Å². The standard InChI is InChI=1S/C16H17ClN4/c1-8-6-9(2)13(10(3)7-8)16-19-18-15-12(5)11(4)14(17)20-21(15)16/h6-7H,1-5H3. The van der Waals surface area contributed by atoms with Gasteiger partial charge in [0.15, 0.2) is 16.6 Å². The lowest BCUT2D eigenvalue weighted by Gasteiger charge is -2.10. The second kappa shape index (κ2) is 4.81. The molecule has 2 aromatic heterocycles. The SMILES string of the molecule is Cc1cc(C)c(-c2nnc3c(C)c(C)c(Cl)nn23)c(C)c1. The van der Waals surface area contributed by atoms with E-state index in [9.17, 15) is 0 Å². The smallest absolute Gasteiger partial charge is 0.185 e. The van der Waals surface area contributed by atoms with Crippen molar-refractivity contribution in [3.05, 3.63) is 45.1 Å². The third-order valence-electron chi connectivity index (χ3n) is 3.94. The molecule has 3 aromatic rings. The lowest BCUT2D eigenvalue weighted by molar-refractivity contribution is 0.916. The summed E-state index contributed by atoms with van der Waals surface area (Å²) in [7, 11) is 0. The quantitative estimate of drug-likeness (QED) is 0.682. The number of benzene rings is 1. The molecule has 0 saturated heterocycles. The molecule has 0 bridgehead atoms. The fourth-order valence-electron chi connectivity index (χ4n) is 2.78. The molecule has 3 rings (SSSR count). The van der Waals surface area contributed by atoms with Crippen molar-refractivity contribution >= 4 is 17.2 Å². The zero-order valence-electron chi connectivity index (χ0n) is 12.8. The van der Waals surface area contributed by atoms with Crippen LogP contribution in [0.5, 0.6) is 0 Å². The molecule has 0 N–H and O–H groups in total. The molecule has 0 atom stereocenters. The van der Waals surface area contributed by atoms with Gasteiger partial charge in [-0.15, -0.1) is 10.2 Å². The van der Waals surface area contributed by atoms with E-state index in [-0.39, 0.29) is 0 Å². The number of fused-ring (bicyclic) bond motifs is 1. The van der Waals surface area contributed by atoms with Gasteiger partial charge in [0.25, 0.3) is 0 Å². The summed E-state index contributed by atoms with van der Waals surface area (Å²) in [5.74, 6) is 0.741. The molecule has 21 heavy (non-hydrogen) atoms. The highest BCUT2D eigenvalue weighted by molar-refractivity contribution is 6.30. The lowest BCUT2D eigenvalue weighted by atomic mass is 9.99. The highest BCUT2D eigenvalue weighted by atomic mass is 35.5. The molecule has 1 aromatic carbocycles. The highest BCUT2D eigenvalue weighted by Gasteiger charge is 2.17. The van der Waals surface area contributed by atoms with Gasteiger partial charge in [-0.05, 0) is 51.3 Å². The Hall–Kier alpha value is -1.94. The highest BCUT2D eigenvalue weighted by Crippen LogP contribution is 2.29. The van der Waals surface area contributed by atoms with Crippen LogP contribution in [-0.4, -0.2) is 19.8 Å². The van der Waals surface area contributed by atoms with Gasteiger partial charge in [0.2, 0.25) is 0 Å². The summed E-state index contributed by atoms with van der Waals surface area (Å²) in [5, 5.41) is 13.6. The number of aryl methyl sites for hydroxylation is 4. The number of hydrogen-bond acceptors (Lipinski definition) is 3. The van der Waals surface area contributed by atoms with E-state index in [2.05, 4.69) is 48.2 Å². The maximum Gasteiger partial charge on any atom is 0.185 e. The number of halogens is 1. The Morgan fingerprint density at radius 2 is 1.52 bits per heavy atom. The Kier molecular flexibility index (Phi) is 3.21. The van der Waals surface area contributed by atoms with E-state index in [4.69, 9.17) is 11.6 Å². The van der Waals surface area contributed by atoms with Gasteiger partial charge in [0.05, 0.1) is 0 Å². The molecule has 0 amide bonds. The van der Waals surface area contributed by atoms with Crippen LogP contribution in [0.25, 0.3) is 17.0 Å². The van der Waals surface area contributed by atoms with E-state index in [1.54, 1.807) is 4.52 Å². The minimum absolute atomic E-state index is 0.489. The van der Waals surface area contributed by atoms with E-state index in [0.29, 0.717) is 5.15 Å². The van der Waals surface area contributed by atoms with Crippen LogP contribution in [0.15, 0.2) is 12.1 Å². The molecule has 108 valence electrons. The van der Waals surface area contributed by atoms with Gasteiger partial charge in [0.1, 0.15) is 0 Å². The first-order chi connectivity index (χ1) is 9.90. The van der Waals surface area contributed by atoms with Crippen LogP contribution in [0.2, 0.25) is 5.15 Å². The molecule has 2 heterocycles. The average molecular weight is 301 g/mol. The number of rotatable bonds is 1. The Morgan fingerprint density at radius 1 is 0.905 bits per heavy atom. The first-order valence-electron chi connectivity index (χ1n) is 6.86. The van der Waals surface area contributed by atoms with Crippen LogP contribution in [0.1, 0.15) is 27.8 Å². The van der Waals surface area contributed by atoms with Gasteiger partial charge < -0.3 is 0 Å². The number of nitrogens with zero attached hydrogens (tertiary/aromatic N) is 4. The van der Waals surface area contributed by atoms with E-state index >= 15 is 0 Å². The Morgan fingerprint density at radius 3 is 2.14 bits per heavy atom. The van der Waals surface area contributed by atoms with Gasteiger partial charge in [-0.2, -0.15) is 9.61 Å². The predicted octanol–water partition coefficient (Wildman–Crippen LogP) is 3.99. The largest absolute Gasteiger partial charge is 0.191 e. The maximum atomic E-state index is 6.23. The summed E-state index contributed by atoms with van der Waals surface area (Å²) < 4.78 is 1.75. The fraction of sp³-hybridized carbons (Fsp3) is 0.312. The van der Waals surface area contributed by atoms with Gasteiger partial charge in [-0.3, -0.25) is 0 Å². The van der Waals surface area contributed by atoms with Crippen molar-refractivity contribution in [2.75, 3.05) is 0 Å². The van der Waals surface area contributed by atoms with Gasteiger partial charge in [0, 0.05) is 11.1 Å². The molecule has 0 spiro atoms. The summed E-state index contributed by atoms with van der Waals surface area (Å²) >= 11 is 6.23. The number of aromatic nitrogens is 4. The van der Waals surface area contributed by atoms with Crippen LogP contribution in [-0.2, 0) is 0 Å². The van der Waals surface area contributed by atoms with Crippen LogP contribution >= 0.6 is 11.6 Å². The van der Waals surface area contributed by atoms with Crippen LogP contribution in [0.4, 0.5) is 0 Å². The topological polar surface area (TPSA) is 43.1 Å². The van der Waals surface area contributed by atoms with Crippen LogP contribution < -0.4 is 0 Å². The molecular weight excluding hydrogens is 284 g/mol. The normalized spacial score (nSPS) is 11.3. The minimum Gasteiger partial charge on any atom is -0.191 e. The summed E-state index contributed by atoms with van der Waals surface area (Å²) in [6.45, 7) is 10.2. The molecule has 0 fully saturated rings. The third-order valence-corrected chi connectivity index (χ3v) is 4.30. The van der Waals surface area contributed by atoms with E-state index in [1.165, 1.54) is 5.56 Å². The second-order valence-corrected chi connectivity index (χ2v) is 5.93. The molecule has 4 nitrogen and oxygen atoms in total. The van der Waals surface area contributed by atoms with Crippen molar-refractivity contribution in [3.63, 3.8) is 0 Å². The van der Waals surface area contributed by atoms with Crippen molar-refractivity contribution in [1.82, 2.24) is 19.8 Å². The first-order valence-corrected chi connectivity index (χ1v) is 7.24. The first kappa shape index (κ1) is 14.0. The monoisotopic (exact) mass is 300 g/mol. The molecule has 0 radical (unpaired) electrons. The van der Waals surface area contributed by atoms with Gasteiger partial charge in [-0.1, -0.05) is 29.3 Å². The second-order valence-electron chi connectivity index (χ2n) is 5.57. The summed E-state index contributed by atoms with van der Waals surface area (Å²) in [6.07, 6.45) is 0. The van der Waals surface area contributed by atoms with E-state index in [1.807, 2.05) is 13.8 Å². The maximum absolute atomic E-state index is 6.23. The molecule has 0 unspecified atom stereocenters. The molecular formula is C16H17ClN4. The fourth-order valence-corrected chi connectivity index (χ4v) is 3.00. The summed E-state index contributed by atoms with van der Waals surface area (Å²) in [4.78, 5) is 0. The van der Waals surface area contributed by atoms with Crippen LogP contribution in [0, 0.1) is 34.6 Å². The molecule has 5 heteroatoms. The van der Waals surface area contributed by atoms with Gasteiger partial charge in [-0.25, -0.2) is 0 Å². The molecule has 0 aliphatic rings. The van der Waals surface area contributed by atoms with Gasteiger partial charge >= 0.3 is 0 Å². The molecule has 0 saturated carbocycles. The minimum atomic E-state index is 0.489. The average Bonchev–Trinajstić information content (AvgIpc) is 2.79. The summed E-state index contributed by atoms with van der Waals surface area (Å²) in [5.41, 5.74) is 7.35. The van der Waals surface area contributed by atoms with Crippen molar-refractivity contribution < 1.29 is 0 Å². The zero-order valence-corrected chi connectivity index (χ0v) is 13.6. The van der Waals surface area contributed by atoms with E-state index in [0.717, 1.165) is 39.3 Å². The Balaban J connectivity index is 2.38. The van der Waals surface area contributed by atoms with E-state index < -0.39 is 0 Å². The van der Waals surface area contributed by atoms with Crippen LogP contribution in [0.3, 0.4) is 0 Å². The molecule has 0 aliphatic carbocycles.